The first-order chi connectivity index (χ1) is 19.3. The van der Waals surface area contributed by atoms with Gasteiger partial charge in [0.1, 0.15) is 4.32 Å². The number of thioether (sulfide) groups is 1. The minimum absolute atomic E-state index is 0.0565. The molecule has 0 N–H and O–H groups in total. The molecule has 40 heavy (non-hydrogen) atoms. The summed E-state index contributed by atoms with van der Waals surface area (Å²) in [6, 6.07) is 16.2. The predicted molar refractivity (Wildman–Crippen MR) is 155 cm³/mol. The van der Waals surface area contributed by atoms with Crippen LogP contribution in [0.1, 0.15) is 42.9 Å². The van der Waals surface area contributed by atoms with E-state index in [0.29, 0.717) is 21.3 Å². The third-order valence-corrected chi connectivity index (χ3v) is 8.38. The van der Waals surface area contributed by atoms with Crippen molar-refractivity contribution in [2.24, 2.45) is 5.92 Å². The number of hydrogen-bond acceptors (Lipinski definition) is 9. The molecule has 2 aliphatic rings. The fraction of sp³-hybridized carbons (Fsp3) is 0.345. The Bertz CT molecular complexity index is 1330. The van der Waals surface area contributed by atoms with Gasteiger partial charge >= 0.3 is 18.0 Å². The summed E-state index contributed by atoms with van der Waals surface area (Å²) in [7, 11) is 2.51. The van der Waals surface area contributed by atoms with E-state index in [1.54, 1.807) is 31.2 Å². The van der Waals surface area contributed by atoms with E-state index >= 15 is 0 Å². The van der Waals surface area contributed by atoms with Gasteiger partial charge in [0.25, 0.3) is 5.91 Å². The molecule has 0 aromatic heterocycles. The van der Waals surface area contributed by atoms with E-state index in [4.69, 9.17) is 26.4 Å². The number of thiocarbonyl (C=S) groups is 1. The van der Waals surface area contributed by atoms with Crippen LogP contribution in [0.2, 0.25) is 0 Å². The highest BCUT2D eigenvalue weighted by atomic mass is 32.2. The highest BCUT2D eigenvalue weighted by molar-refractivity contribution is 8.23. The van der Waals surface area contributed by atoms with Crippen molar-refractivity contribution in [3.05, 3.63) is 77.5 Å². The van der Waals surface area contributed by atoms with Gasteiger partial charge in [0.15, 0.2) is 0 Å². The normalized spacial score (nSPS) is 18.9. The molecule has 0 bridgehead atoms. The number of nitrogens with zero attached hydrogens (tertiary/aromatic N) is 2. The lowest BCUT2D eigenvalue weighted by Gasteiger charge is -2.37. The van der Waals surface area contributed by atoms with Gasteiger partial charge in [0.2, 0.25) is 0 Å². The van der Waals surface area contributed by atoms with E-state index in [0.717, 1.165) is 5.56 Å². The second-order valence-electron chi connectivity index (χ2n) is 9.11. The van der Waals surface area contributed by atoms with Crippen LogP contribution >= 0.6 is 24.0 Å². The zero-order valence-electron chi connectivity index (χ0n) is 22.4. The number of rotatable bonds is 8. The summed E-state index contributed by atoms with van der Waals surface area (Å²) in [4.78, 5) is 55.6. The zero-order valence-corrected chi connectivity index (χ0v) is 24.0. The van der Waals surface area contributed by atoms with Crippen LogP contribution in [-0.4, -0.2) is 59.7 Å². The number of fused-ring (bicyclic) bond motifs is 1. The summed E-state index contributed by atoms with van der Waals surface area (Å²) in [5, 5.41) is 0. The number of anilines is 1. The molecule has 1 fully saturated rings. The van der Waals surface area contributed by atoms with Crippen molar-refractivity contribution in [1.29, 1.82) is 0 Å². The molecule has 2 amide bonds. The first-order valence-corrected chi connectivity index (χ1v) is 14.2. The number of methoxy groups -OCH3 is 2. The Morgan fingerprint density at radius 2 is 1.73 bits per heavy atom. The predicted octanol–water partition coefficient (Wildman–Crippen LogP) is 4.97. The van der Waals surface area contributed by atoms with Gasteiger partial charge < -0.3 is 14.2 Å². The van der Waals surface area contributed by atoms with Gasteiger partial charge in [-0.25, -0.2) is 4.79 Å². The van der Waals surface area contributed by atoms with E-state index in [1.807, 2.05) is 30.3 Å². The molecular formula is C29H30N2O7S2. The topological polar surface area (TPSA) is 102 Å². The first kappa shape index (κ1) is 29.3. The summed E-state index contributed by atoms with van der Waals surface area (Å²) >= 11 is 7.01. The van der Waals surface area contributed by atoms with Crippen LogP contribution in [0.4, 0.5) is 10.5 Å². The van der Waals surface area contributed by atoms with Crippen molar-refractivity contribution < 1.29 is 33.4 Å². The maximum Gasteiger partial charge on any atom is 0.418 e. The van der Waals surface area contributed by atoms with Gasteiger partial charge in [-0.05, 0) is 30.5 Å². The molecule has 0 saturated carbocycles. The molecule has 1 saturated heterocycles. The quantitative estimate of drug-likeness (QED) is 0.242. The standard InChI is InChI=1S/C29H30N2O7S2/c1-4-38-24(32)15-14-20(27(34)36-2)25-19-12-8-9-13-22(19)30(28(35)37-3)16-21(25)26(33)31-23(17-40-29(31)39)18-10-6-5-7-11-18/h5-13,16,20,23,25H,4,14-15,17H2,1-3H3/t20?,23-,25?/m1/s1. The highest BCUT2D eigenvalue weighted by Gasteiger charge is 2.45. The second kappa shape index (κ2) is 13.1. The number of carbonyl (C=O) groups is 4. The SMILES string of the molecule is CCOC(=O)CCC(C(=O)OC)C1C(C(=O)N2C(=S)SC[C@@H]2c2ccccc2)=CN(C(=O)OC)c2ccccc21. The van der Waals surface area contributed by atoms with Gasteiger partial charge in [-0.3, -0.25) is 24.2 Å². The molecule has 2 unspecified atom stereocenters. The van der Waals surface area contributed by atoms with Crippen molar-refractivity contribution in [3.8, 4) is 0 Å². The molecule has 11 heteroatoms. The maximum absolute atomic E-state index is 14.5. The van der Waals surface area contributed by atoms with Gasteiger partial charge in [0, 0.05) is 29.9 Å². The van der Waals surface area contributed by atoms with E-state index in [9.17, 15) is 19.2 Å². The fourth-order valence-electron chi connectivity index (χ4n) is 5.08. The van der Waals surface area contributed by atoms with Gasteiger partial charge in [-0.15, -0.1) is 0 Å². The molecule has 2 aromatic rings. The molecular weight excluding hydrogens is 552 g/mol. The molecule has 2 aliphatic heterocycles. The lowest BCUT2D eigenvalue weighted by molar-refractivity contribution is -0.147. The van der Waals surface area contributed by atoms with Crippen LogP contribution in [0.5, 0.6) is 0 Å². The van der Waals surface area contributed by atoms with Crippen molar-refractivity contribution in [2.45, 2.75) is 31.7 Å². The van der Waals surface area contributed by atoms with Crippen LogP contribution in [0.3, 0.4) is 0 Å². The summed E-state index contributed by atoms with van der Waals surface area (Å²) in [5.74, 6) is -2.70. The number of para-hydroxylation sites is 1. The lowest BCUT2D eigenvalue weighted by atomic mass is 9.75. The van der Waals surface area contributed by atoms with Gasteiger partial charge in [-0.1, -0.05) is 72.5 Å². The Hall–Kier alpha value is -3.70. The Morgan fingerprint density at radius 3 is 2.40 bits per heavy atom. The van der Waals surface area contributed by atoms with E-state index < -0.39 is 35.8 Å². The van der Waals surface area contributed by atoms with Crippen LogP contribution in [-0.2, 0) is 28.6 Å². The Balaban J connectivity index is 1.84. The zero-order chi connectivity index (χ0) is 28.8. The molecule has 0 spiro atoms. The average Bonchev–Trinajstić information content (AvgIpc) is 3.37. The van der Waals surface area contributed by atoms with Crippen molar-refractivity contribution in [3.63, 3.8) is 0 Å². The Morgan fingerprint density at radius 1 is 1.02 bits per heavy atom. The van der Waals surface area contributed by atoms with Crippen LogP contribution in [0.25, 0.3) is 0 Å². The summed E-state index contributed by atoms with van der Waals surface area (Å²) in [6.07, 6.45) is 0.721. The second-order valence-corrected chi connectivity index (χ2v) is 10.8. The summed E-state index contributed by atoms with van der Waals surface area (Å²) < 4.78 is 15.7. The van der Waals surface area contributed by atoms with E-state index in [-0.39, 0.29) is 31.1 Å². The van der Waals surface area contributed by atoms with E-state index in [2.05, 4.69) is 0 Å². The Kier molecular flexibility index (Phi) is 9.59. The average molecular weight is 583 g/mol. The minimum atomic E-state index is -0.926. The van der Waals surface area contributed by atoms with Crippen LogP contribution in [0, 0.1) is 5.92 Å². The molecule has 4 rings (SSSR count). The molecule has 3 atom stereocenters. The number of benzene rings is 2. The molecule has 2 heterocycles. The van der Waals surface area contributed by atoms with Crippen LogP contribution < -0.4 is 4.90 Å². The monoisotopic (exact) mass is 582 g/mol. The summed E-state index contributed by atoms with van der Waals surface area (Å²) in [5.41, 5.74) is 2.08. The number of amides is 2. The minimum Gasteiger partial charge on any atom is -0.469 e. The highest BCUT2D eigenvalue weighted by Crippen LogP contribution is 2.47. The summed E-state index contributed by atoms with van der Waals surface area (Å²) in [6.45, 7) is 1.91. The molecule has 9 nitrogen and oxygen atoms in total. The van der Waals surface area contributed by atoms with Crippen LogP contribution in [0.15, 0.2) is 66.4 Å². The van der Waals surface area contributed by atoms with Gasteiger partial charge in [0.05, 0.1) is 38.5 Å². The number of carbonyl (C=O) groups excluding carboxylic acids is 4. The molecule has 2 aromatic carbocycles. The largest absolute Gasteiger partial charge is 0.469 e. The van der Waals surface area contributed by atoms with Crippen molar-refractivity contribution in [2.75, 3.05) is 31.5 Å². The number of hydrogen-bond donors (Lipinski definition) is 0. The number of ether oxygens (including phenoxy) is 3. The van der Waals surface area contributed by atoms with Crippen molar-refractivity contribution in [1.82, 2.24) is 4.90 Å². The third-order valence-electron chi connectivity index (χ3n) is 6.90. The van der Waals surface area contributed by atoms with Crippen molar-refractivity contribution >= 4 is 57.9 Å². The van der Waals surface area contributed by atoms with Gasteiger partial charge in [-0.2, -0.15) is 0 Å². The maximum atomic E-state index is 14.5. The smallest absolute Gasteiger partial charge is 0.418 e. The Labute approximate surface area is 242 Å². The fourth-order valence-corrected chi connectivity index (χ4v) is 6.49. The first-order valence-electron chi connectivity index (χ1n) is 12.8. The van der Waals surface area contributed by atoms with E-state index in [1.165, 1.54) is 42.0 Å². The molecule has 0 radical (unpaired) electrons. The third kappa shape index (κ3) is 5.90. The number of esters is 2. The molecule has 210 valence electrons. The lowest BCUT2D eigenvalue weighted by Crippen LogP contribution is -2.42. The molecule has 0 aliphatic carbocycles.